The number of rotatable bonds is 6. The number of benzene rings is 2. The van der Waals surface area contributed by atoms with Gasteiger partial charge in [0, 0.05) is 16.3 Å². The minimum atomic E-state index is -0.426. The molecule has 1 N–H and O–H groups in total. The molecule has 1 amide bonds. The van der Waals surface area contributed by atoms with E-state index in [-0.39, 0.29) is 33.9 Å². The zero-order valence-electron chi connectivity index (χ0n) is 14.6. The molecule has 0 radical (unpaired) electrons. The lowest BCUT2D eigenvalue weighted by Crippen LogP contribution is -2.11. The second kappa shape index (κ2) is 8.69. The number of carbonyl (C=O) groups is 2. The molecule has 0 unspecified atom stereocenters. The second-order valence-electron chi connectivity index (χ2n) is 5.84. The highest BCUT2D eigenvalue weighted by Gasteiger charge is 2.14. The summed E-state index contributed by atoms with van der Waals surface area (Å²) in [4.78, 5) is 23.6. The van der Waals surface area contributed by atoms with Gasteiger partial charge in [0.15, 0.2) is 17.3 Å². The number of carbonyl (C=O) groups excluding carboxylic acids is 2. The smallest absolute Gasteiger partial charge is 0.291 e. The third-order valence-electron chi connectivity index (χ3n) is 3.76. The van der Waals surface area contributed by atoms with E-state index in [1.807, 2.05) is 0 Å². The van der Waals surface area contributed by atoms with E-state index in [0.717, 1.165) is 0 Å². The van der Waals surface area contributed by atoms with Crippen LogP contribution in [0.15, 0.2) is 52.9 Å². The molecule has 0 saturated carbocycles. The summed E-state index contributed by atoms with van der Waals surface area (Å²) >= 11 is 18.0. The highest BCUT2D eigenvalue weighted by atomic mass is 35.5. The van der Waals surface area contributed by atoms with E-state index in [1.165, 1.54) is 25.1 Å². The molecule has 0 aliphatic rings. The SMILES string of the molecule is CC(=O)c1ccc(NC(=O)c2ccc(COc3c(Cl)cc(Cl)cc3Cl)o2)cc1. The Bertz CT molecular complexity index is 1010. The van der Waals surface area contributed by atoms with Gasteiger partial charge < -0.3 is 14.5 Å². The monoisotopic (exact) mass is 437 g/mol. The lowest BCUT2D eigenvalue weighted by molar-refractivity contribution is 0.0990. The summed E-state index contributed by atoms with van der Waals surface area (Å²) in [7, 11) is 0. The van der Waals surface area contributed by atoms with Gasteiger partial charge in [0.05, 0.1) is 10.0 Å². The van der Waals surface area contributed by atoms with Crippen LogP contribution in [-0.4, -0.2) is 11.7 Å². The fraction of sp³-hybridized carbons (Fsp3) is 0.100. The summed E-state index contributed by atoms with van der Waals surface area (Å²) in [5.74, 6) is 0.334. The Labute approximate surface area is 176 Å². The maximum atomic E-state index is 12.3. The number of amides is 1. The molecule has 0 atom stereocenters. The summed E-state index contributed by atoms with van der Waals surface area (Å²) < 4.78 is 11.1. The fourth-order valence-electron chi connectivity index (χ4n) is 2.37. The molecule has 3 aromatic rings. The van der Waals surface area contributed by atoms with Crippen molar-refractivity contribution in [2.24, 2.45) is 0 Å². The third kappa shape index (κ3) is 4.87. The van der Waals surface area contributed by atoms with E-state index < -0.39 is 5.91 Å². The van der Waals surface area contributed by atoms with Gasteiger partial charge in [0.1, 0.15) is 12.4 Å². The minimum Gasteiger partial charge on any atom is -0.483 e. The van der Waals surface area contributed by atoms with E-state index in [4.69, 9.17) is 44.0 Å². The number of nitrogens with one attached hydrogen (secondary N) is 1. The quantitative estimate of drug-likeness (QED) is 0.460. The average Bonchev–Trinajstić information content (AvgIpc) is 3.10. The normalized spacial score (nSPS) is 10.6. The van der Waals surface area contributed by atoms with Gasteiger partial charge in [0.25, 0.3) is 5.91 Å². The van der Waals surface area contributed by atoms with Crippen LogP contribution in [0.2, 0.25) is 15.1 Å². The summed E-state index contributed by atoms with van der Waals surface area (Å²) in [6, 6.07) is 12.7. The van der Waals surface area contributed by atoms with Crippen LogP contribution in [0.3, 0.4) is 0 Å². The molecule has 5 nitrogen and oxygen atoms in total. The predicted molar refractivity (Wildman–Crippen MR) is 109 cm³/mol. The number of halogens is 3. The molecule has 28 heavy (non-hydrogen) atoms. The highest BCUT2D eigenvalue weighted by molar-refractivity contribution is 6.40. The largest absolute Gasteiger partial charge is 0.483 e. The van der Waals surface area contributed by atoms with E-state index in [9.17, 15) is 9.59 Å². The van der Waals surface area contributed by atoms with Gasteiger partial charge in [-0.25, -0.2) is 0 Å². The van der Waals surface area contributed by atoms with Crippen LogP contribution in [0.25, 0.3) is 0 Å². The van der Waals surface area contributed by atoms with Crippen molar-refractivity contribution in [1.82, 2.24) is 0 Å². The molecule has 0 spiro atoms. The molecule has 0 fully saturated rings. The molecule has 0 saturated heterocycles. The Morgan fingerprint density at radius 3 is 2.25 bits per heavy atom. The van der Waals surface area contributed by atoms with Crippen molar-refractivity contribution in [2.45, 2.75) is 13.5 Å². The standard InChI is InChI=1S/C20H14Cl3NO4/c1-11(25)12-2-4-14(5-3-12)24-20(26)18-7-6-15(28-18)10-27-19-16(22)8-13(21)9-17(19)23/h2-9H,10H2,1H3,(H,24,26). The van der Waals surface area contributed by atoms with E-state index >= 15 is 0 Å². The maximum absolute atomic E-state index is 12.3. The first-order valence-electron chi connectivity index (χ1n) is 8.12. The number of hydrogen-bond acceptors (Lipinski definition) is 4. The van der Waals surface area contributed by atoms with Crippen LogP contribution in [0.1, 0.15) is 33.6 Å². The first-order chi connectivity index (χ1) is 13.3. The van der Waals surface area contributed by atoms with Crippen molar-refractivity contribution in [3.8, 4) is 5.75 Å². The van der Waals surface area contributed by atoms with Gasteiger partial charge >= 0.3 is 0 Å². The molecule has 0 aliphatic carbocycles. The Morgan fingerprint density at radius 2 is 1.64 bits per heavy atom. The number of Topliss-reactive ketones (excluding diaryl/α,β-unsaturated/α-hetero) is 1. The molecule has 2 aromatic carbocycles. The lowest BCUT2D eigenvalue weighted by atomic mass is 10.1. The Balaban J connectivity index is 1.63. The van der Waals surface area contributed by atoms with Gasteiger partial charge in [-0.2, -0.15) is 0 Å². The molecule has 0 aliphatic heterocycles. The Hall–Kier alpha value is -2.47. The first kappa shape index (κ1) is 20.3. The van der Waals surface area contributed by atoms with Crippen molar-refractivity contribution in [3.63, 3.8) is 0 Å². The topological polar surface area (TPSA) is 68.5 Å². The zero-order chi connectivity index (χ0) is 20.3. The molecule has 1 heterocycles. The van der Waals surface area contributed by atoms with Crippen LogP contribution in [-0.2, 0) is 6.61 Å². The van der Waals surface area contributed by atoms with Crippen LogP contribution in [0.4, 0.5) is 5.69 Å². The number of ketones is 1. The van der Waals surface area contributed by atoms with Gasteiger partial charge in [-0.3, -0.25) is 9.59 Å². The summed E-state index contributed by atoms with van der Waals surface area (Å²) in [6.45, 7) is 1.51. The maximum Gasteiger partial charge on any atom is 0.291 e. The summed E-state index contributed by atoms with van der Waals surface area (Å²) in [5.41, 5.74) is 1.11. The summed E-state index contributed by atoms with van der Waals surface area (Å²) in [5, 5.41) is 3.64. The van der Waals surface area contributed by atoms with E-state index in [2.05, 4.69) is 5.32 Å². The average molecular weight is 439 g/mol. The van der Waals surface area contributed by atoms with Crippen molar-refractivity contribution < 1.29 is 18.7 Å². The molecule has 8 heteroatoms. The van der Waals surface area contributed by atoms with Crippen molar-refractivity contribution >= 4 is 52.2 Å². The molecular weight excluding hydrogens is 425 g/mol. The van der Waals surface area contributed by atoms with Crippen molar-refractivity contribution in [1.29, 1.82) is 0 Å². The summed E-state index contributed by atoms with van der Waals surface area (Å²) in [6.07, 6.45) is 0. The predicted octanol–water partition coefficient (Wildman–Crippen LogP) is 6.27. The van der Waals surface area contributed by atoms with Crippen molar-refractivity contribution in [3.05, 3.63) is 80.7 Å². The fourth-order valence-corrected chi connectivity index (χ4v) is 3.29. The van der Waals surface area contributed by atoms with Gasteiger partial charge in [-0.05, 0) is 55.5 Å². The van der Waals surface area contributed by atoms with Gasteiger partial charge in [0.2, 0.25) is 0 Å². The van der Waals surface area contributed by atoms with Crippen molar-refractivity contribution in [2.75, 3.05) is 5.32 Å². The first-order valence-corrected chi connectivity index (χ1v) is 9.25. The number of furan rings is 1. The number of anilines is 1. The molecule has 144 valence electrons. The minimum absolute atomic E-state index is 0.0294. The molecule has 3 rings (SSSR count). The Morgan fingerprint density at radius 1 is 1.00 bits per heavy atom. The van der Waals surface area contributed by atoms with Crippen LogP contribution < -0.4 is 10.1 Å². The van der Waals surface area contributed by atoms with E-state index in [1.54, 1.807) is 30.3 Å². The zero-order valence-corrected chi connectivity index (χ0v) is 16.9. The Kier molecular flexibility index (Phi) is 6.29. The highest BCUT2D eigenvalue weighted by Crippen LogP contribution is 2.36. The number of hydrogen-bond donors (Lipinski definition) is 1. The van der Waals surface area contributed by atoms with E-state index in [0.29, 0.717) is 22.0 Å². The molecule has 1 aromatic heterocycles. The van der Waals surface area contributed by atoms with Gasteiger partial charge in [-0.1, -0.05) is 34.8 Å². The lowest BCUT2D eigenvalue weighted by Gasteiger charge is -2.09. The van der Waals surface area contributed by atoms with Crippen LogP contribution in [0.5, 0.6) is 5.75 Å². The number of ether oxygens (including phenoxy) is 1. The third-order valence-corrected chi connectivity index (χ3v) is 4.54. The van der Waals surface area contributed by atoms with Crippen LogP contribution in [0, 0.1) is 0 Å². The van der Waals surface area contributed by atoms with Gasteiger partial charge in [-0.15, -0.1) is 0 Å². The molecule has 0 bridgehead atoms. The van der Waals surface area contributed by atoms with Crippen LogP contribution >= 0.6 is 34.8 Å². The molecular formula is C20H14Cl3NO4. The second-order valence-corrected chi connectivity index (χ2v) is 7.09.